The van der Waals surface area contributed by atoms with Crippen molar-refractivity contribution in [1.82, 2.24) is 4.98 Å². The summed E-state index contributed by atoms with van der Waals surface area (Å²) < 4.78 is 0. The maximum Gasteiger partial charge on any atom is 0.126 e. The molecule has 3 heteroatoms. The Morgan fingerprint density at radius 3 is 2.91 bits per heavy atom. The van der Waals surface area contributed by atoms with Gasteiger partial charge in [-0.1, -0.05) is 6.07 Å². The second-order valence-corrected chi connectivity index (χ2v) is 2.34. The van der Waals surface area contributed by atoms with Crippen molar-refractivity contribution in [2.75, 3.05) is 5.73 Å². The van der Waals surface area contributed by atoms with Crippen LogP contribution in [0.2, 0.25) is 0 Å². The van der Waals surface area contributed by atoms with Gasteiger partial charge in [0.15, 0.2) is 0 Å². The molecule has 3 nitrogen and oxygen atoms in total. The molecule has 1 rings (SSSR count). The van der Waals surface area contributed by atoms with Crippen LogP contribution in [-0.4, -0.2) is 4.98 Å². The van der Waals surface area contributed by atoms with Crippen molar-refractivity contribution in [1.29, 1.82) is 5.26 Å². The molecule has 2 N–H and O–H groups in total. The molecule has 0 saturated carbocycles. The number of aromatic nitrogens is 1. The minimum atomic E-state index is 0.324. The number of nitriles is 1. The van der Waals surface area contributed by atoms with Gasteiger partial charge in [0.2, 0.25) is 0 Å². The lowest BCUT2D eigenvalue weighted by Gasteiger charge is -1.99. The van der Waals surface area contributed by atoms with Gasteiger partial charge in [0.25, 0.3) is 0 Å². The number of hydrogen-bond donors (Lipinski definition) is 1. The summed E-state index contributed by atoms with van der Waals surface area (Å²) in [5.74, 6) is 0.512. The van der Waals surface area contributed by atoms with Crippen LogP contribution in [0, 0.1) is 18.3 Å². The first kappa shape index (κ1) is 7.55. The summed E-state index contributed by atoms with van der Waals surface area (Å²) in [6.07, 6.45) is 0.324. The average Bonchev–Trinajstić information content (AvgIpc) is 1.98. The van der Waals surface area contributed by atoms with E-state index in [0.717, 1.165) is 11.3 Å². The Morgan fingerprint density at radius 1 is 1.64 bits per heavy atom. The maximum atomic E-state index is 8.35. The molecule has 0 radical (unpaired) electrons. The Kier molecular flexibility index (Phi) is 2.07. The highest BCUT2D eigenvalue weighted by molar-refractivity contribution is 5.39. The Bertz CT molecular complexity index is 299. The molecular formula is C8H9N3. The van der Waals surface area contributed by atoms with E-state index in [1.807, 2.05) is 25.1 Å². The third-order valence-corrected chi connectivity index (χ3v) is 1.45. The molecule has 0 amide bonds. The van der Waals surface area contributed by atoms with Gasteiger partial charge in [0, 0.05) is 0 Å². The van der Waals surface area contributed by atoms with E-state index in [0.29, 0.717) is 12.2 Å². The molecule has 0 bridgehead atoms. The molecule has 56 valence electrons. The third-order valence-electron chi connectivity index (χ3n) is 1.45. The number of nitrogens with two attached hydrogens (primary N) is 1. The smallest absolute Gasteiger partial charge is 0.126 e. The lowest BCUT2D eigenvalue weighted by molar-refractivity contribution is 1.11. The van der Waals surface area contributed by atoms with E-state index in [1.165, 1.54) is 0 Å². The van der Waals surface area contributed by atoms with Crippen molar-refractivity contribution in [3.05, 3.63) is 23.4 Å². The number of hydrogen-bond acceptors (Lipinski definition) is 3. The second-order valence-electron chi connectivity index (χ2n) is 2.34. The molecule has 0 aliphatic heterocycles. The average molecular weight is 147 g/mol. The first-order valence-corrected chi connectivity index (χ1v) is 3.33. The minimum Gasteiger partial charge on any atom is -0.383 e. The predicted molar refractivity (Wildman–Crippen MR) is 42.7 cm³/mol. The highest BCUT2D eigenvalue weighted by Crippen LogP contribution is 2.07. The Balaban J connectivity index is 2.98. The number of nitrogens with zero attached hydrogens (tertiary/aromatic N) is 2. The Morgan fingerprint density at radius 2 is 2.36 bits per heavy atom. The third kappa shape index (κ3) is 1.68. The van der Waals surface area contributed by atoms with Gasteiger partial charge in [-0.15, -0.1) is 0 Å². The zero-order valence-corrected chi connectivity index (χ0v) is 6.33. The molecule has 1 aromatic rings. The first-order valence-electron chi connectivity index (χ1n) is 3.33. The fraction of sp³-hybridized carbons (Fsp3) is 0.250. The van der Waals surface area contributed by atoms with Crippen LogP contribution in [0.3, 0.4) is 0 Å². The van der Waals surface area contributed by atoms with Crippen LogP contribution >= 0.6 is 0 Å². The summed E-state index contributed by atoms with van der Waals surface area (Å²) in [5, 5.41) is 8.35. The van der Waals surface area contributed by atoms with E-state index in [4.69, 9.17) is 11.0 Å². The molecule has 11 heavy (non-hydrogen) atoms. The van der Waals surface area contributed by atoms with Crippen LogP contribution in [0.1, 0.15) is 11.3 Å². The van der Waals surface area contributed by atoms with Gasteiger partial charge < -0.3 is 5.73 Å². The molecule has 0 spiro atoms. The van der Waals surface area contributed by atoms with E-state index in [9.17, 15) is 0 Å². The molecule has 0 aliphatic carbocycles. The molecular weight excluding hydrogens is 138 g/mol. The standard InChI is InChI=1S/C8H9N3/c1-6-2-3-7(4-5-9)11-8(6)10/h2-3H,4H2,1H3,(H2,10,11). The monoisotopic (exact) mass is 147 g/mol. The zero-order valence-electron chi connectivity index (χ0n) is 6.33. The van der Waals surface area contributed by atoms with Gasteiger partial charge in [-0.25, -0.2) is 4.98 Å². The number of anilines is 1. The van der Waals surface area contributed by atoms with Crippen molar-refractivity contribution in [3.63, 3.8) is 0 Å². The first-order chi connectivity index (χ1) is 5.24. The van der Waals surface area contributed by atoms with Gasteiger partial charge in [0.1, 0.15) is 5.82 Å². The number of aryl methyl sites for hydroxylation is 1. The fourth-order valence-electron chi connectivity index (χ4n) is 0.766. The van der Waals surface area contributed by atoms with Gasteiger partial charge in [-0.05, 0) is 18.6 Å². The molecule has 1 heterocycles. The lowest BCUT2D eigenvalue weighted by atomic mass is 10.2. The Labute approximate surface area is 65.5 Å². The largest absolute Gasteiger partial charge is 0.383 e. The lowest BCUT2D eigenvalue weighted by Crippen LogP contribution is -1.97. The summed E-state index contributed by atoms with van der Waals surface area (Å²) in [4.78, 5) is 4.02. The Hall–Kier alpha value is -1.56. The van der Waals surface area contributed by atoms with Gasteiger partial charge >= 0.3 is 0 Å². The number of nitrogen functional groups attached to an aromatic ring is 1. The normalized spacial score (nSPS) is 9.09. The predicted octanol–water partition coefficient (Wildman–Crippen LogP) is 1.04. The van der Waals surface area contributed by atoms with Crippen molar-refractivity contribution < 1.29 is 0 Å². The van der Waals surface area contributed by atoms with Crippen LogP contribution in [0.15, 0.2) is 12.1 Å². The van der Waals surface area contributed by atoms with Gasteiger partial charge in [-0.2, -0.15) is 5.26 Å². The van der Waals surface area contributed by atoms with E-state index in [2.05, 4.69) is 4.98 Å². The number of rotatable bonds is 1. The second kappa shape index (κ2) is 3.02. The summed E-state index contributed by atoms with van der Waals surface area (Å²) in [6, 6.07) is 5.70. The number of pyridine rings is 1. The van der Waals surface area contributed by atoms with E-state index in [-0.39, 0.29) is 0 Å². The van der Waals surface area contributed by atoms with Crippen molar-refractivity contribution in [3.8, 4) is 6.07 Å². The van der Waals surface area contributed by atoms with E-state index < -0.39 is 0 Å². The maximum absolute atomic E-state index is 8.35. The summed E-state index contributed by atoms with van der Waals surface area (Å²) >= 11 is 0. The van der Waals surface area contributed by atoms with Gasteiger partial charge in [-0.3, -0.25) is 0 Å². The van der Waals surface area contributed by atoms with E-state index in [1.54, 1.807) is 0 Å². The van der Waals surface area contributed by atoms with Crippen LogP contribution in [0.25, 0.3) is 0 Å². The minimum absolute atomic E-state index is 0.324. The topological polar surface area (TPSA) is 62.7 Å². The summed E-state index contributed by atoms with van der Waals surface area (Å²) in [5.41, 5.74) is 7.21. The molecule has 0 aliphatic rings. The van der Waals surface area contributed by atoms with Gasteiger partial charge in [0.05, 0.1) is 18.2 Å². The fourth-order valence-corrected chi connectivity index (χ4v) is 0.766. The SMILES string of the molecule is Cc1ccc(CC#N)nc1N. The van der Waals surface area contributed by atoms with Crippen molar-refractivity contribution >= 4 is 5.82 Å². The zero-order chi connectivity index (χ0) is 8.27. The van der Waals surface area contributed by atoms with Crippen molar-refractivity contribution in [2.45, 2.75) is 13.3 Å². The molecule has 0 aromatic carbocycles. The summed E-state index contributed by atoms with van der Waals surface area (Å²) in [6.45, 7) is 1.89. The van der Waals surface area contributed by atoms with Crippen LogP contribution in [-0.2, 0) is 6.42 Å². The van der Waals surface area contributed by atoms with Crippen LogP contribution in [0.4, 0.5) is 5.82 Å². The molecule has 0 atom stereocenters. The highest BCUT2D eigenvalue weighted by Gasteiger charge is 1.96. The molecule has 0 saturated heterocycles. The van der Waals surface area contributed by atoms with Crippen molar-refractivity contribution in [2.24, 2.45) is 0 Å². The highest BCUT2D eigenvalue weighted by atomic mass is 14.8. The van der Waals surface area contributed by atoms with E-state index >= 15 is 0 Å². The quantitative estimate of drug-likeness (QED) is 0.645. The molecule has 0 fully saturated rings. The van der Waals surface area contributed by atoms with Crippen LogP contribution < -0.4 is 5.73 Å². The molecule has 0 unspecified atom stereocenters. The summed E-state index contributed by atoms with van der Waals surface area (Å²) in [7, 11) is 0. The van der Waals surface area contributed by atoms with Crippen LogP contribution in [0.5, 0.6) is 0 Å². The molecule has 1 aromatic heterocycles.